The smallest absolute Gasteiger partial charge is 0.322 e. The van der Waals surface area contributed by atoms with Crippen LogP contribution < -0.4 is 5.32 Å². The standard InChI is InChI=1S/C12H20N4O4/c1-3-5-9-11(16(19)20)10(15-14-9)12(18)13-8(2)6-4-7-17/h8,17H,3-7H2,1-2H3,(H,13,18)(H,14,15). The van der Waals surface area contributed by atoms with E-state index in [1.807, 2.05) is 6.92 Å². The maximum atomic E-state index is 12.0. The molecule has 0 saturated heterocycles. The van der Waals surface area contributed by atoms with Crippen molar-refractivity contribution in [3.05, 3.63) is 21.5 Å². The number of hydrogen-bond acceptors (Lipinski definition) is 5. The van der Waals surface area contributed by atoms with Crippen molar-refractivity contribution in [1.82, 2.24) is 15.5 Å². The summed E-state index contributed by atoms with van der Waals surface area (Å²) in [7, 11) is 0. The number of aryl methyl sites for hydroxylation is 1. The Bertz CT molecular complexity index is 472. The molecule has 0 aromatic carbocycles. The fourth-order valence-corrected chi connectivity index (χ4v) is 1.91. The van der Waals surface area contributed by atoms with E-state index in [2.05, 4.69) is 15.5 Å². The molecule has 0 aliphatic carbocycles. The van der Waals surface area contributed by atoms with Gasteiger partial charge >= 0.3 is 5.69 Å². The largest absolute Gasteiger partial charge is 0.396 e. The Labute approximate surface area is 116 Å². The monoisotopic (exact) mass is 284 g/mol. The summed E-state index contributed by atoms with van der Waals surface area (Å²) < 4.78 is 0. The first-order valence-corrected chi connectivity index (χ1v) is 6.64. The molecule has 1 amide bonds. The molecule has 0 fully saturated rings. The van der Waals surface area contributed by atoms with Crippen LogP contribution in [-0.2, 0) is 6.42 Å². The molecule has 1 atom stereocenters. The van der Waals surface area contributed by atoms with E-state index in [-0.39, 0.29) is 24.0 Å². The Kier molecular flexibility index (Phi) is 6.10. The van der Waals surface area contributed by atoms with Gasteiger partial charge in [0.2, 0.25) is 5.69 Å². The average molecular weight is 284 g/mol. The first-order valence-electron chi connectivity index (χ1n) is 6.64. The second kappa shape index (κ2) is 7.59. The number of nitro groups is 1. The van der Waals surface area contributed by atoms with Crippen LogP contribution in [0.15, 0.2) is 0 Å². The van der Waals surface area contributed by atoms with Crippen molar-refractivity contribution in [3.63, 3.8) is 0 Å². The first-order chi connectivity index (χ1) is 9.51. The Morgan fingerprint density at radius 2 is 2.30 bits per heavy atom. The van der Waals surface area contributed by atoms with Crippen LogP contribution in [-0.4, -0.2) is 38.8 Å². The van der Waals surface area contributed by atoms with Gasteiger partial charge in [0, 0.05) is 12.6 Å². The molecule has 112 valence electrons. The van der Waals surface area contributed by atoms with Crippen molar-refractivity contribution < 1.29 is 14.8 Å². The molecule has 0 bridgehead atoms. The van der Waals surface area contributed by atoms with Crippen LogP contribution in [0.5, 0.6) is 0 Å². The zero-order chi connectivity index (χ0) is 15.1. The molecular weight excluding hydrogens is 264 g/mol. The SMILES string of the molecule is CCCc1[nH]nc(C(=O)NC(C)CCCO)c1[N+](=O)[O-]. The van der Waals surface area contributed by atoms with Crippen LogP contribution in [0, 0.1) is 10.1 Å². The maximum Gasteiger partial charge on any atom is 0.322 e. The van der Waals surface area contributed by atoms with Crippen LogP contribution in [0.1, 0.15) is 49.3 Å². The normalized spacial score (nSPS) is 12.2. The van der Waals surface area contributed by atoms with Crippen molar-refractivity contribution in [2.75, 3.05) is 6.61 Å². The van der Waals surface area contributed by atoms with E-state index >= 15 is 0 Å². The van der Waals surface area contributed by atoms with Gasteiger partial charge in [-0.15, -0.1) is 0 Å². The van der Waals surface area contributed by atoms with E-state index in [9.17, 15) is 14.9 Å². The summed E-state index contributed by atoms with van der Waals surface area (Å²) in [6, 6.07) is -0.180. The van der Waals surface area contributed by atoms with Crippen LogP contribution in [0.3, 0.4) is 0 Å². The lowest BCUT2D eigenvalue weighted by Crippen LogP contribution is -2.33. The number of amides is 1. The van der Waals surface area contributed by atoms with E-state index in [1.165, 1.54) is 0 Å². The predicted octanol–water partition coefficient (Wildman–Crippen LogP) is 1.16. The number of hydrogen-bond donors (Lipinski definition) is 3. The highest BCUT2D eigenvalue weighted by molar-refractivity contribution is 5.96. The molecule has 0 saturated carbocycles. The third-order valence-electron chi connectivity index (χ3n) is 2.88. The summed E-state index contributed by atoms with van der Waals surface area (Å²) >= 11 is 0. The summed E-state index contributed by atoms with van der Waals surface area (Å²) in [5, 5.41) is 28.8. The number of H-pyrrole nitrogens is 1. The number of carbonyl (C=O) groups excluding carboxylic acids is 1. The van der Waals surface area contributed by atoms with Crippen molar-refractivity contribution in [2.24, 2.45) is 0 Å². The zero-order valence-electron chi connectivity index (χ0n) is 11.7. The Hall–Kier alpha value is -1.96. The molecule has 8 heteroatoms. The quantitative estimate of drug-likeness (QED) is 0.488. The second-order valence-electron chi connectivity index (χ2n) is 4.65. The molecule has 0 spiro atoms. The van der Waals surface area contributed by atoms with Crippen molar-refractivity contribution in [3.8, 4) is 0 Å². The minimum atomic E-state index is -0.582. The third-order valence-corrected chi connectivity index (χ3v) is 2.88. The Balaban J connectivity index is 2.84. The third kappa shape index (κ3) is 4.02. The van der Waals surface area contributed by atoms with E-state index in [0.717, 1.165) is 6.42 Å². The number of rotatable bonds is 8. The van der Waals surface area contributed by atoms with Gasteiger partial charge in [-0.25, -0.2) is 0 Å². The summed E-state index contributed by atoms with van der Waals surface area (Å²) in [6.45, 7) is 3.71. The predicted molar refractivity (Wildman–Crippen MR) is 72.5 cm³/mol. The fourth-order valence-electron chi connectivity index (χ4n) is 1.91. The highest BCUT2D eigenvalue weighted by atomic mass is 16.6. The number of aliphatic hydroxyl groups is 1. The van der Waals surface area contributed by atoms with Gasteiger partial charge in [-0.1, -0.05) is 13.3 Å². The number of carbonyl (C=O) groups is 1. The maximum absolute atomic E-state index is 12.0. The molecule has 20 heavy (non-hydrogen) atoms. The lowest BCUT2D eigenvalue weighted by molar-refractivity contribution is -0.385. The molecule has 1 rings (SSSR count). The molecule has 1 aromatic heterocycles. The van der Waals surface area contributed by atoms with Gasteiger partial charge in [0.25, 0.3) is 5.91 Å². The summed E-state index contributed by atoms with van der Waals surface area (Å²) in [5.74, 6) is -0.569. The summed E-state index contributed by atoms with van der Waals surface area (Å²) in [5.41, 5.74) is -0.0707. The summed E-state index contributed by atoms with van der Waals surface area (Å²) in [4.78, 5) is 22.5. The van der Waals surface area contributed by atoms with Crippen molar-refractivity contribution in [2.45, 2.75) is 45.6 Å². The topological polar surface area (TPSA) is 121 Å². The van der Waals surface area contributed by atoms with Crippen molar-refractivity contribution >= 4 is 11.6 Å². The Morgan fingerprint density at radius 1 is 1.60 bits per heavy atom. The van der Waals surface area contributed by atoms with E-state index in [0.29, 0.717) is 25.0 Å². The second-order valence-corrected chi connectivity index (χ2v) is 4.65. The van der Waals surface area contributed by atoms with Crippen LogP contribution in [0.25, 0.3) is 0 Å². The lowest BCUT2D eigenvalue weighted by atomic mass is 10.1. The molecule has 0 aliphatic rings. The van der Waals surface area contributed by atoms with Gasteiger partial charge in [0.1, 0.15) is 5.69 Å². The van der Waals surface area contributed by atoms with Gasteiger partial charge in [0.15, 0.2) is 0 Å². The number of aromatic amines is 1. The van der Waals surface area contributed by atoms with Gasteiger partial charge < -0.3 is 10.4 Å². The fraction of sp³-hybridized carbons (Fsp3) is 0.667. The number of nitrogens with zero attached hydrogens (tertiary/aromatic N) is 2. The minimum Gasteiger partial charge on any atom is -0.396 e. The molecule has 0 radical (unpaired) electrons. The van der Waals surface area contributed by atoms with E-state index in [1.54, 1.807) is 6.92 Å². The van der Waals surface area contributed by atoms with Gasteiger partial charge in [0.05, 0.1) is 4.92 Å². The molecule has 1 aromatic rings. The van der Waals surface area contributed by atoms with Crippen LogP contribution >= 0.6 is 0 Å². The molecular formula is C12H20N4O4. The van der Waals surface area contributed by atoms with Crippen LogP contribution in [0.2, 0.25) is 0 Å². The number of nitrogens with one attached hydrogen (secondary N) is 2. The number of aliphatic hydroxyl groups excluding tert-OH is 1. The van der Waals surface area contributed by atoms with Gasteiger partial charge in [-0.3, -0.25) is 20.0 Å². The summed E-state index contributed by atoms with van der Waals surface area (Å²) in [6.07, 6.45) is 2.35. The first kappa shape index (κ1) is 16.1. The molecule has 8 nitrogen and oxygen atoms in total. The highest BCUT2D eigenvalue weighted by Gasteiger charge is 2.29. The highest BCUT2D eigenvalue weighted by Crippen LogP contribution is 2.22. The Morgan fingerprint density at radius 3 is 2.85 bits per heavy atom. The van der Waals surface area contributed by atoms with E-state index in [4.69, 9.17) is 5.11 Å². The minimum absolute atomic E-state index is 0.0451. The molecule has 0 aliphatic heterocycles. The van der Waals surface area contributed by atoms with Gasteiger partial charge in [-0.05, 0) is 26.2 Å². The zero-order valence-corrected chi connectivity index (χ0v) is 11.7. The molecule has 3 N–H and O–H groups in total. The van der Waals surface area contributed by atoms with E-state index < -0.39 is 10.8 Å². The number of aromatic nitrogens is 2. The van der Waals surface area contributed by atoms with Gasteiger partial charge in [-0.2, -0.15) is 5.10 Å². The average Bonchev–Trinajstić information content (AvgIpc) is 2.80. The molecule has 1 heterocycles. The van der Waals surface area contributed by atoms with Crippen LogP contribution in [0.4, 0.5) is 5.69 Å². The van der Waals surface area contributed by atoms with Crippen molar-refractivity contribution in [1.29, 1.82) is 0 Å². The molecule has 1 unspecified atom stereocenters. The lowest BCUT2D eigenvalue weighted by Gasteiger charge is -2.11.